The molecule has 0 saturated heterocycles. The Balaban J connectivity index is 2.06. The fourth-order valence-corrected chi connectivity index (χ4v) is 2.58. The normalized spacial score (nSPS) is 17.0. The zero-order valence-electron chi connectivity index (χ0n) is 10.8. The van der Waals surface area contributed by atoms with Crippen molar-refractivity contribution in [2.75, 3.05) is 0 Å². The van der Waals surface area contributed by atoms with Gasteiger partial charge in [-0.15, -0.1) is 0 Å². The molecular weight excluding hydrogens is 246 g/mol. The van der Waals surface area contributed by atoms with E-state index in [-0.39, 0.29) is 11.4 Å². The van der Waals surface area contributed by atoms with Gasteiger partial charge in [-0.05, 0) is 43.4 Å². The highest BCUT2D eigenvalue weighted by molar-refractivity contribution is 6.30. The molecule has 0 unspecified atom stereocenters. The highest BCUT2D eigenvalue weighted by Gasteiger charge is 2.39. The van der Waals surface area contributed by atoms with Crippen LogP contribution < -0.4 is 5.32 Å². The van der Waals surface area contributed by atoms with E-state index in [0.717, 1.165) is 30.7 Å². The molecule has 1 aromatic rings. The SMILES string of the molecule is CCCCC(=O)NC1(c2ccc(Cl)cc2)CCC1. The van der Waals surface area contributed by atoms with E-state index in [0.29, 0.717) is 6.42 Å². The number of carbonyl (C=O) groups excluding carboxylic acids is 1. The van der Waals surface area contributed by atoms with Gasteiger partial charge in [-0.1, -0.05) is 37.1 Å². The van der Waals surface area contributed by atoms with E-state index in [4.69, 9.17) is 11.6 Å². The molecule has 0 spiro atoms. The molecule has 0 radical (unpaired) electrons. The number of nitrogens with one attached hydrogen (secondary N) is 1. The van der Waals surface area contributed by atoms with Crippen LogP contribution >= 0.6 is 11.6 Å². The largest absolute Gasteiger partial charge is 0.347 e. The number of rotatable bonds is 5. The first-order valence-corrected chi connectivity index (χ1v) is 7.11. The fourth-order valence-electron chi connectivity index (χ4n) is 2.45. The third-order valence-electron chi connectivity index (χ3n) is 3.74. The van der Waals surface area contributed by atoms with Gasteiger partial charge in [-0.3, -0.25) is 4.79 Å². The summed E-state index contributed by atoms with van der Waals surface area (Å²) in [6.45, 7) is 2.10. The molecule has 3 heteroatoms. The van der Waals surface area contributed by atoms with Crippen LogP contribution in [0.5, 0.6) is 0 Å². The van der Waals surface area contributed by atoms with Crippen molar-refractivity contribution in [3.8, 4) is 0 Å². The zero-order chi connectivity index (χ0) is 13.0. The maximum absolute atomic E-state index is 11.9. The summed E-state index contributed by atoms with van der Waals surface area (Å²) in [5.41, 5.74) is 1.05. The number of unbranched alkanes of at least 4 members (excludes halogenated alkanes) is 1. The molecule has 1 fully saturated rings. The second-order valence-electron chi connectivity index (χ2n) is 5.09. The lowest BCUT2D eigenvalue weighted by atomic mass is 9.71. The average Bonchev–Trinajstić information content (AvgIpc) is 2.32. The van der Waals surface area contributed by atoms with Gasteiger partial charge in [0.25, 0.3) is 0 Å². The number of halogens is 1. The van der Waals surface area contributed by atoms with E-state index in [1.807, 2.05) is 24.3 Å². The predicted octanol–water partition coefficient (Wildman–Crippen LogP) is 4.03. The van der Waals surface area contributed by atoms with Crippen LogP contribution in [0.15, 0.2) is 24.3 Å². The Morgan fingerprint density at radius 2 is 2.00 bits per heavy atom. The summed E-state index contributed by atoms with van der Waals surface area (Å²) < 4.78 is 0. The lowest BCUT2D eigenvalue weighted by Crippen LogP contribution is -2.50. The summed E-state index contributed by atoms with van der Waals surface area (Å²) in [6, 6.07) is 7.85. The molecule has 98 valence electrons. The first-order chi connectivity index (χ1) is 8.66. The monoisotopic (exact) mass is 265 g/mol. The van der Waals surface area contributed by atoms with Crippen molar-refractivity contribution in [1.29, 1.82) is 0 Å². The van der Waals surface area contributed by atoms with E-state index in [2.05, 4.69) is 12.2 Å². The van der Waals surface area contributed by atoms with Gasteiger partial charge >= 0.3 is 0 Å². The van der Waals surface area contributed by atoms with Crippen molar-refractivity contribution in [3.05, 3.63) is 34.9 Å². The van der Waals surface area contributed by atoms with Crippen LogP contribution in [0, 0.1) is 0 Å². The molecule has 0 atom stereocenters. The van der Waals surface area contributed by atoms with Gasteiger partial charge in [-0.2, -0.15) is 0 Å². The Hall–Kier alpha value is -1.02. The van der Waals surface area contributed by atoms with E-state index in [1.165, 1.54) is 12.0 Å². The van der Waals surface area contributed by atoms with Crippen LogP contribution in [0.25, 0.3) is 0 Å². The third kappa shape index (κ3) is 2.86. The van der Waals surface area contributed by atoms with Crippen molar-refractivity contribution >= 4 is 17.5 Å². The van der Waals surface area contributed by atoms with E-state index in [9.17, 15) is 4.79 Å². The van der Waals surface area contributed by atoms with Gasteiger partial charge in [0.1, 0.15) is 0 Å². The van der Waals surface area contributed by atoms with Crippen molar-refractivity contribution < 1.29 is 4.79 Å². The molecule has 1 aliphatic carbocycles. The third-order valence-corrected chi connectivity index (χ3v) is 3.99. The van der Waals surface area contributed by atoms with Crippen molar-refractivity contribution in [2.24, 2.45) is 0 Å². The van der Waals surface area contributed by atoms with Gasteiger partial charge < -0.3 is 5.32 Å². The molecule has 0 aliphatic heterocycles. The summed E-state index contributed by atoms with van der Waals surface area (Å²) in [5, 5.41) is 3.96. The standard InChI is InChI=1S/C15H20ClNO/c1-2-3-5-14(18)17-15(10-4-11-15)12-6-8-13(16)9-7-12/h6-9H,2-5,10-11H2,1H3,(H,17,18). The Morgan fingerprint density at radius 3 is 2.50 bits per heavy atom. The fraction of sp³-hybridized carbons (Fsp3) is 0.533. The molecular formula is C15H20ClNO. The Morgan fingerprint density at radius 1 is 1.33 bits per heavy atom. The Kier molecular flexibility index (Phi) is 4.28. The summed E-state index contributed by atoms with van der Waals surface area (Å²) >= 11 is 5.91. The minimum absolute atomic E-state index is 0.130. The minimum atomic E-state index is -0.130. The van der Waals surface area contributed by atoms with E-state index < -0.39 is 0 Å². The number of hydrogen-bond acceptors (Lipinski definition) is 1. The number of hydrogen-bond donors (Lipinski definition) is 1. The van der Waals surface area contributed by atoms with E-state index >= 15 is 0 Å². The maximum atomic E-state index is 11.9. The van der Waals surface area contributed by atoms with E-state index in [1.54, 1.807) is 0 Å². The second kappa shape index (κ2) is 5.75. The van der Waals surface area contributed by atoms with Crippen LogP contribution in [0.1, 0.15) is 51.0 Å². The first kappa shape index (κ1) is 13.4. The van der Waals surface area contributed by atoms with Crippen LogP contribution in [0.3, 0.4) is 0 Å². The molecule has 0 heterocycles. The number of carbonyl (C=O) groups is 1. The lowest BCUT2D eigenvalue weighted by molar-refractivity contribution is -0.124. The molecule has 1 amide bonds. The summed E-state index contributed by atoms with van der Waals surface area (Å²) in [4.78, 5) is 11.9. The lowest BCUT2D eigenvalue weighted by Gasteiger charge is -2.43. The quantitative estimate of drug-likeness (QED) is 0.856. The molecule has 2 nitrogen and oxygen atoms in total. The molecule has 1 saturated carbocycles. The van der Waals surface area contributed by atoms with Crippen molar-refractivity contribution in [2.45, 2.75) is 51.0 Å². The van der Waals surface area contributed by atoms with Crippen LogP contribution in [-0.4, -0.2) is 5.91 Å². The molecule has 0 aromatic heterocycles. The zero-order valence-corrected chi connectivity index (χ0v) is 11.6. The number of amides is 1. The second-order valence-corrected chi connectivity index (χ2v) is 5.53. The summed E-state index contributed by atoms with van der Waals surface area (Å²) in [5.74, 6) is 0.173. The van der Waals surface area contributed by atoms with Crippen molar-refractivity contribution in [1.82, 2.24) is 5.32 Å². The van der Waals surface area contributed by atoms with Crippen LogP contribution in [0.4, 0.5) is 0 Å². The summed E-state index contributed by atoms with van der Waals surface area (Å²) in [7, 11) is 0. The van der Waals surface area contributed by atoms with Gasteiger partial charge in [-0.25, -0.2) is 0 Å². The van der Waals surface area contributed by atoms with Crippen LogP contribution in [0.2, 0.25) is 5.02 Å². The maximum Gasteiger partial charge on any atom is 0.220 e. The predicted molar refractivity (Wildman–Crippen MR) is 74.6 cm³/mol. The number of benzene rings is 1. The molecule has 0 bridgehead atoms. The minimum Gasteiger partial charge on any atom is -0.347 e. The molecule has 18 heavy (non-hydrogen) atoms. The van der Waals surface area contributed by atoms with Gasteiger partial charge in [0.05, 0.1) is 5.54 Å². The Bertz CT molecular complexity index is 409. The average molecular weight is 266 g/mol. The molecule has 1 N–H and O–H groups in total. The Labute approximate surface area is 114 Å². The van der Waals surface area contributed by atoms with Crippen molar-refractivity contribution in [3.63, 3.8) is 0 Å². The summed E-state index contributed by atoms with van der Waals surface area (Å²) in [6.07, 6.45) is 5.89. The molecule has 1 aromatic carbocycles. The van der Waals surface area contributed by atoms with Gasteiger partial charge in [0, 0.05) is 11.4 Å². The molecule has 2 rings (SSSR count). The van der Waals surface area contributed by atoms with Crippen LogP contribution in [-0.2, 0) is 10.3 Å². The first-order valence-electron chi connectivity index (χ1n) is 6.73. The van der Waals surface area contributed by atoms with Gasteiger partial charge in [0.2, 0.25) is 5.91 Å². The molecule has 1 aliphatic rings. The topological polar surface area (TPSA) is 29.1 Å². The smallest absolute Gasteiger partial charge is 0.220 e. The highest BCUT2D eigenvalue weighted by Crippen LogP contribution is 2.41. The van der Waals surface area contributed by atoms with Gasteiger partial charge in [0.15, 0.2) is 0 Å². The highest BCUT2D eigenvalue weighted by atomic mass is 35.5.